The SMILES string of the molecule is CC1(OC(=O)C2CC3C=C[C@H]2C3)COC(O)(C(F)(F)F)C1(F)F. The lowest BCUT2D eigenvalue weighted by atomic mass is 9.91. The molecule has 0 aromatic heterocycles. The van der Waals surface area contributed by atoms with Crippen LogP contribution in [0.3, 0.4) is 0 Å². The zero-order valence-electron chi connectivity index (χ0n) is 12.1. The molecule has 3 aliphatic rings. The molecule has 4 nitrogen and oxygen atoms in total. The molecule has 0 amide bonds. The predicted octanol–water partition coefficient (Wildman–Crippen LogP) is 2.42. The lowest BCUT2D eigenvalue weighted by Crippen LogP contribution is -2.63. The van der Waals surface area contributed by atoms with Crippen LogP contribution in [0.25, 0.3) is 0 Å². The largest absolute Gasteiger partial charge is 0.450 e. The van der Waals surface area contributed by atoms with Crippen molar-refractivity contribution in [1.82, 2.24) is 0 Å². The summed E-state index contributed by atoms with van der Waals surface area (Å²) in [5, 5.41) is 9.27. The Morgan fingerprint density at radius 2 is 1.96 bits per heavy atom. The highest BCUT2D eigenvalue weighted by Crippen LogP contribution is 2.55. The number of hydrogen-bond donors (Lipinski definition) is 1. The Bertz CT molecular complexity index is 560. The molecule has 4 unspecified atom stereocenters. The Labute approximate surface area is 128 Å². The number of ether oxygens (including phenoxy) is 2. The normalized spacial score (nSPS) is 44.7. The first-order valence-electron chi connectivity index (χ1n) is 7.13. The topological polar surface area (TPSA) is 55.8 Å². The summed E-state index contributed by atoms with van der Waals surface area (Å²) in [6, 6.07) is 0. The van der Waals surface area contributed by atoms with Crippen molar-refractivity contribution in [2.24, 2.45) is 17.8 Å². The van der Waals surface area contributed by atoms with E-state index in [0.717, 1.165) is 0 Å². The number of alkyl halides is 5. The van der Waals surface area contributed by atoms with Crippen molar-refractivity contribution in [2.45, 2.75) is 43.3 Å². The van der Waals surface area contributed by atoms with Crippen molar-refractivity contribution >= 4 is 5.97 Å². The van der Waals surface area contributed by atoms with Gasteiger partial charge >= 0.3 is 23.9 Å². The number of rotatable bonds is 2. The molecule has 2 aliphatic carbocycles. The first-order chi connectivity index (χ1) is 10.4. The van der Waals surface area contributed by atoms with Gasteiger partial charge in [-0.2, -0.15) is 22.0 Å². The van der Waals surface area contributed by atoms with Crippen molar-refractivity contribution in [1.29, 1.82) is 0 Å². The second kappa shape index (κ2) is 4.66. The lowest BCUT2D eigenvalue weighted by molar-refractivity contribution is -0.409. The maximum absolute atomic E-state index is 14.2. The third-order valence-corrected chi connectivity index (χ3v) is 4.94. The highest BCUT2D eigenvalue weighted by Gasteiger charge is 2.82. The van der Waals surface area contributed by atoms with E-state index in [1.807, 2.05) is 6.08 Å². The van der Waals surface area contributed by atoms with Crippen LogP contribution >= 0.6 is 0 Å². The van der Waals surface area contributed by atoms with Gasteiger partial charge in [0, 0.05) is 0 Å². The number of halogens is 5. The fourth-order valence-corrected chi connectivity index (χ4v) is 3.48. The Balaban J connectivity index is 1.80. The molecule has 1 saturated carbocycles. The molecule has 0 aromatic carbocycles. The standard InChI is InChI=1S/C14H15F5O4/c1-11(6-22-13(21,12(11,15)16)14(17,18)19)23-10(20)9-5-7-2-3-8(9)4-7/h2-3,7-9,21H,4-6H2,1H3/t7?,8-,9?,11?,13?/m0/s1. The van der Waals surface area contributed by atoms with Crippen molar-refractivity contribution in [3.05, 3.63) is 12.2 Å². The summed E-state index contributed by atoms with van der Waals surface area (Å²) in [6.45, 7) is -0.615. The van der Waals surface area contributed by atoms with Gasteiger partial charge in [-0.3, -0.25) is 4.79 Å². The van der Waals surface area contributed by atoms with Crippen LogP contribution in [-0.4, -0.2) is 41.2 Å². The number of carbonyl (C=O) groups is 1. The van der Waals surface area contributed by atoms with E-state index >= 15 is 0 Å². The Hall–Kier alpha value is -1.22. The minimum atomic E-state index is -5.73. The van der Waals surface area contributed by atoms with E-state index in [9.17, 15) is 31.9 Å². The average molecular weight is 342 g/mol. The average Bonchev–Trinajstić information content (AvgIpc) is 3.09. The van der Waals surface area contributed by atoms with Gasteiger partial charge < -0.3 is 14.6 Å². The molecule has 1 heterocycles. The molecule has 2 fully saturated rings. The molecule has 3 rings (SSSR count). The van der Waals surface area contributed by atoms with E-state index in [0.29, 0.717) is 19.8 Å². The fraction of sp³-hybridized carbons (Fsp3) is 0.786. The van der Waals surface area contributed by atoms with Gasteiger partial charge in [-0.15, -0.1) is 0 Å². The zero-order chi connectivity index (χ0) is 17.3. The number of fused-ring (bicyclic) bond motifs is 2. The van der Waals surface area contributed by atoms with Gasteiger partial charge in [-0.1, -0.05) is 12.2 Å². The van der Waals surface area contributed by atoms with E-state index in [2.05, 4.69) is 4.74 Å². The van der Waals surface area contributed by atoms with Crippen molar-refractivity contribution in [3.8, 4) is 0 Å². The van der Waals surface area contributed by atoms with Gasteiger partial charge in [-0.05, 0) is 31.6 Å². The summed E-state index contributed by atoms with van der Waals surface area (Å²) < 4.78 is 75.3. The molecule has 2 bridgehead atoms. The van der Waals surface area contributed by atoms with Crippen LogP contribution in [0, 0.1) is 17.8 Å². The van der Waals surface area contributed by atoms with Gasteiger partial charge in [0.15, 0.2) is 0 Å². The number of hydrogen-bond acceptors (Lipinski definition) is 4. The van der Waals surface area contributed by atoms with Gasteiger partial charge in [0.05, 0.1) is 12.5 Å². The molecule has 1 N–H and O–H groups in total. The van der Waals surface area contributed by atoms with Crippen molar-refractivity contribution in [2.75, 3.05) is 6.61 Å². The summed E-state index contributed by atoms with van der Waals surface area (Å²) in [4.78, 5) is 12.1. The second-order valence-corrected chi connectivity index (χ2v) is 6.54. The van der Waals surface area contributed by atoms with Gasteiger partial charge in [0.25, 0.3) is 0 Å². The highest BCUT2D eigenvalue weighted by molar-refractivity contribution is 5.74. The van der Waals surface area contributed by atoms with Crippen LogP contribution in [0.1, 0.15) is 19.8 Å². The Morgan fingerprint density at radius 1 is 1.30 bits per heavy atom. The monoisotopic (exact) mass is 342 g/mol. The zero-order valence-corrected chi connectivity index (χ0v) is 12.1. The molecule has 130 valence electrons. The van der Waals surface area contributed by atoms with Crippen LogP contribution in [0.4, 0.5) is 22.0 Å². The second-order valence-electron chi connectivity index (χ2n) is 6.54. The molecule has 0 spiro atoms. The number of allylic oxidation sites excluding steroid dienone is 2. The summed E-state index contributed by atoms with van der Waals surface area (Å²) >= 11 is 0. The van der Waals surface area contributed by atoms with E-state index in [1.54, 1.807) is 6.08 Å². The third kappa shape index (κ3) is 2.12. The highest BCUT2D eigenvalue weighted by atomic mass is 19.4. The quantitative estimate of drug-likeness (QED) is 0.476. The van der Waals surface area contributed by atoms with Crippen molar-refractivity contribution < 1.29 is 41.3 Å². The maximum atomic E-state index is 14.2. The van der Waals surface area contributed by atoms with Crippen LogP contribution in [0.15, 0.2) is 12.2 Å². The summed E-state index contributed by atoms with van der Waals surface area (Å²) in [5.74, 6) is -11.1. The van der Waals surface area contributed by atoms with Crippen LogP contribution in [-0.2, 0) is 14.3 Å². The summed E-state index contributed by atoms with van der Waals surface area (Å²) in [6.07, 6.45) is -0.888. The van der Waals surface area contributed by atoms with Gasteiger partial charge in [0.2, 0.25) is 5.60 Å². The summed E-state index contributed by atoms with van der Waals surface area (Å²) in [5.41, 5.74) is -2.89. The van der Waals surface area contributed by atoms with E-state index < -0.39 is 42.0 Å². The van der Waals surface area contributed by atoms with E-state index in [1.165, 1.54) is 0 Å². The minimum absolute atomic E-state index is 0.145. The Kier molecular flexibility index (Phi) is 3.37. The number of aliphatic hydroxyl groups is 1. The van der Waals surface area contributed by atoms with Crippen molar-refractivity contribution in [3.63, 3.8) is 0 Å². The summed E-state index contributed by atoms with van der Waals surface area (Å²) in [7, 11) is 0. The molecule has 23 heavy (non-hydrogen) atoms. The molecule has 1 saturated heterocycles. The van der Waals surface area contributed by atoms with E-state index in [-0.39, 0.29) is 11.8 Å². The molecular formula is C14H15F5O4. The smallest absolute Gasteiger partial charge is 0.449 e. The van der Waals surface area contributed by atoms with Gasteiger partial charge in [-0.25, -0.2) is 0 Å². The maximum Gasteiger partial charge on any atom is 0.449 e. The molecular weight excluding hydrogens is 327 g/mol. The number of esters is 1. The van der Waals surface area contributed by atoms with Gasteiger partial charge in [0.1, 0.15) is 0 Å². The van der Waals surface area contributed by atoms with Crippen LogP contribution < -0.4 is 0 Å². The first-order valence-corrected chi connectivity index (χ1v) is 7.13. The van der Waals surface area contributed by atoms with Crippen LogP contribution in [0.2, 0.25) is 0 Å². The molecule has 5 atom stereocenters. The van der Waals surface area contributed by atoms with Crippen LogP contribution in [0.5, 0.6) is 0 Å². The molecule has 1 aliphatic heterocycles. The number of carbonyl (C=O) groups excluding carboxylic acids is 1. The van der Waals surface area contributed by atoms with E-state index in [4.69, 9.17) is 4.74 Å². The third-order valence-electron chi connectivity index (χ3n) is 4.94. The molecule has 9 heteroatoms. The molecule has 0 radical (unpaired) electrons. The minimum Gasteiger partial charge on any atom is -0.450 e. The fourth-order valence-electron chi connectivity index (χ4n) is 3.48. The predicted molar refractivity (Wildman–Crippen MR) is 65.2 cm³/mol. The Morgan fingerprint density at radius 3 is 2.39 bits per heavy atom. The molecule has 0 aromatic rings. The first kappa shape index (κ1) is 16.6. The lowest BCUT2D eigenvalue weighted by Gasteiger charge is -2.36.